The van der Waals surface area contributed by atoms with Crippen LogP contribution in [0, 0.1) is 0 Å². The molecule has 6 nitrogen and oxygen atoms in total. The Bertz CT molecular complexity index is 767. The Kier molecular flexibility index (Phi) is 5.87. The van der Waals surface area contributed by atoms with Gasteiger partial charge >= 0.3 is 0 Å². The maximum absolute atomic E-state index is 11.3. The lowest BCUT2D eigenvalue weighted by molar-refractivity contribution is 0.243. The molecule has 2 rings (SSSR count). The highest BCUT2D eigenvalue weighted by atomic mass is 35.5. The molecule has 2 aromatic rings. The number of hydrazone groups is 1. The number of anilines is 1. The van der Waals surface area contributed by atoms with Crippen molar-refractivity contribution >= 4 is 46.7 Å². The molecule has 0 saturated heterocycles. The molecule has 1 aromatic carbocycles. The minimum atomic E-state index is -0.506. The minimum absolute atomic E-state index is 0.0334. The van der Waals surface area contributed by atoms with Crippen molar-refractivity contribution < 1.29 is 4.74 Å². The summed E-state index contributed by atoms with van der Waals surface area (Å²) >= 11 is 18.1. The van der Waals surface area contributed by atoms with Gasteiger partial charge in [-0.05, 0) is 31.5 Å². The molecule has 0 aliphatic carbocycles. The van der Waals surface area contributed by atoms with Gasteiger partial charge < -0.3 is 4.74 Å². The van der Waals surface area contributed by atoms with Crippen LogP contribution in [0.3, 0.4) is 0 Å². The number of benzene rings is 1. The number of aromatic amines is 1. The average molecular weight is 376 g/mol. The molecule has 122 valence electrons. The first kappa shape index (κ1) is 17.6. The third-order valence-electron chi connectivity index (χ3n) is 2.57. The molecular formula is C14H13Cl3N4O2. The normalized spacial score (nSPS) is 11.2. The van der Waals surface area contributed by atoms with E-state index in [4.69, 9.17) is 39.5 Å². The van der Waals surface area contributed by atoms with Gasteiger partial charge in [0.05, 0.1) is 28.6 Å². The van der Waals surface area contributed by atoms with Crippen molar-refractivity contribution in [3.8, 4) is 5.75 Å². The van der Waals surface area contributed by atoms with E-state index >= 15 is 0 Å². The standard InChI is InChI=1S/C14H13Cl3N4O2/c1-7(2)23-13-9(15)3-8(4-10(13)16)5-18-20-11-6-19-21-14(22)12(11)17/h3-7H,1-2H3,(H2,20,21,22)/b18-5-. The van der Waals surface area contributed by atoms with Crippen LogP contribution in [0.2, 0.25) is 15.1 Å². The maximum Gasteiger partial charge on any atom is 0.285 e. The Balaban J connectivity index is 2.17. The maximum atomic E-state index is 11.3. The molecule has 23 heavy (non-hydrogen) atoms. The number of hydrogen-bond acceptors (Lipinski definition) is 5. The molecule has 1 aromatic heterocycles. The lowest BCUT2D eigenvalue weighted by atomic mass is 10.2. The van der Waals surface area contributed by atoms with Crippen molar-refractivity contribution in [2.45, 2.75) is 20.0 Å². The van der Waals surface area contributed by atoms with Gasteiger partial charge in [0.25, 0.3) is 5.56 Å². The largest absolute Gasteiger partial charge is 0.488 e. The summed E-state index contributed by atoms with van der Waals surface area (Å²) in [4.78, 5) is 11.3. The van der Waals surface area contributed by atoms with E-state index in [9.17, 15) is 4.79 Å². The van der Waals surface area contributed by atoms with E-state index in [0.717, 1.165) is 0 Å². The Morgan fingerprint density at radius 3 is 2.57 bits per heavy atom. The minimum Gasteiger partial charge on any atom is -0.488 e. The van der Waals surface area contributed by atoms with Crippen molar-refractivity contribution in [3.05, 3.63) is 49.3 Å². The highest BCUT2D eigenvalue weighted by Crippen LogP contribution is 2.34. The monoisotopic (exact) mass is 374 g/mol. The fourth-order valence-corrected chi connectivity index (χ4v) is 2.37. The van der Waals surface area contributed by atoms with Crippen LogP contribution in [-0.2, 0) is 0 Å². The molecule has 2 N–H and O–H groups in total. The fourth-order valence-electron chi connectivity index (χ4n) is 1.64. The molecule has 0 radical (unpaired) electrons. The molecule has 0 spiro atoms. The summed E-state index contributed by atoms with van der Waals surface area (Å²) in [5.74, 6) is 0.426. The average Bonchev–Trinajstić information content (AvgIpc) is 2.47. The summed E-state index contributed by atoms with van der Waals surface area (Å²) in [5, 5.41) is 10.5. The third kappa shape index (κ3) is 4.60. The predicted octanol–water partition coefficient (Wildman–Crippen LogP) is 3.96. The smallest absolute Gasteiger partial charge is 0.285 e. The van der Waals surface area contributed by atoms with Crippen LogP contribution >= 0.6 is 34.8 Å². The molecule has 0 bridgehead atoms. The van der Waals surface area contributed by atoms with E-state index in [0.29, 0.717) is 21.4 Å². The topological polar surface area (TPSA) is 79.4 Å². The lowest BCUT2D eigenvalue weighted by Gasteiger charge is -2.13. The summed E-state index contributed by atoms with van der Waals surface area (Å²) in [6.45, 7) is 3.76. The summed E-state index contributed by atoms with van der Waals surface area (Å²) in [6.07, 6.45) is 2.78. The zero-order chi connectivity index (χ0) is 17.0. The van der Waals surface area contributed by atoms with E-state index < -0.39 is 5.56 Å². The zero-order valence-corrected chi connectivity index (χ0v) is 14.5. The first-order valence-corrected chi connectivity index (χ1v) is 7.70. The fraction of sp³-hybridized carbons (Fsp3) is 0.214. The molecule has 0 atom stereocenters. The van der Waals surface area contributed by atoms with Crippen LogP contribution in [-0.4, -0.2) is 22.5 Å². The molecule has 1 heterocycles. The van der Waals surface area contributed by atoms with Gasteiger partial charge in [-0.25, -0.2) is 5.10 Å². The third-order valence-corrected chi connectivity index (χ3v) is 3.51. The molecule has 0 aliphatic rings. The zero-order valence-electron chi connectivity index (χ0n) is 12.2. The highest BCUT2D eigenvalue weighted by molar-refractivity contribution is 6.37. The molecule has 0 amide bonds. The van der Waals surface area contributed by atoms with Crippen molar-refractivity contribution in [3.63, 3.8) is 0 Å². The van der Waals surface area contributed by atoms with Crippen LogP contribution in [0.1, 0.15) is 19.4 Å². The van der Waals surface area contributed by atoms with Crippen LogP contribution in [0.5, 0.6) is 5.75 Å². The Morgan fingerprint density at radius 2 is 1.96 bits per heavy atom. The Labute approximate surface area is 147 Å². The van der Waals surface area contributed by atoms with Gasteiger partial charge in [0, 0.05) is 0 Å². The number of rotatable bonds is 5. The highest BCUT2D eigenvalue weighted by Gasteiger charge is 2.10. The van der Waals surface area contributed by atoms with E-state index in [1.54, 1.807) is 12.1 Å². The summed E-state index contributed by atoms with van der Waals surface area (Å²) in [6, 6.07) is 3.32. The number of nitrogens with zero attached hydrogens (tertiary/aromatic N) is 2. The number of H-pyrrole nitrogens is 1. The number of hydrogen-bond donors (Lipinski definition) is 2. The molecule has 0 fully saturated rings. The number of aromatic nitrogens is 2. The van der Waals surface area contributed by atoms with Gasteiger partial charge in [0.15, 0.2) is 5.75 Å². The second-order valence-electron chi connectivity index (χ2n) is 4.78. The summed E-state index contributed by atoms with van der Waals surface area (Å²) in [7, 11) is 0. The summed E-state index contributed by atoms with van der Waals surface area (Å²) < 4.78 is 5.55. The number of ether oxygens (including phenoxy) is 1. The van der Waals surface area contributed by atoms with Gasteiger partial charge in [-0.3, -0.25) is 10.2 Å². The van der Waals surface area contributed by atoms with Crippen molar-refractivity contribution in [1.29, 1.82) is 0 Å². The van der Waals surface area contributed by atoms with E-state index in [-0.39, 0.29) is 16.8 Å². The number of halogens is 3. The van der Waals surface area contributed by atoms with Gasteiger partial charge in [0.1, 0.15) is 10.7 Å². The number of nitrogens with one attached hydrogen (secondary N) is 2. The summed E-state index contributed by atoms with van der Waals surface area (Å²) in [5.41, 5.74) is 3.05. The van der Waals surface area contributed by atoms with Gasteiger partial charge in [0.2, 0.25) is 0 Å². The van der Waals surface area contributed by atoms with Crippen LogP contribution < -0.4 is 15.7 Å². The molecule has 0 unspecified atom stereocenters. The quantitative estimate of drug-likeness (QED) is 0.612. The first-order chi connectivity index (χ1) is 10.9. The van der Waals surface area contributed by atoms with E-state index in [2.05, 4.69) is 20.7 Å². The second-order valence-corrected chi connectivity index (χ2v) is 5.97. The lowest BCUT2D eigenvalue weighted by Crippen LogP contribution is -2.10. The Hall–Kier alpha value is -1.76. The van der Waals surface area contributed by atoms with Crippen molar-refractivity contribution in [2.24, 2.45) is 5.10 Å². The second kappa shape index (κ2) is 7.68. The van der Waals surface area contributed by atoms with E-state index in [1.807, 2.05) is 13.8 Å². The van der Waals surface area contributed by atoms with Crippen LogP contribution in [0.15, 0.2) is 28.2 Å². The van der Waals surface area contributed by atoms with Crippen molar-refractivity contribution in [1.82, 2.24) is 10.2 Å². The molecule has 0 aliphatic heterocycles. The van der Waals surface area contributed by atoms with Gasteiger partial charge in [-0.1, -0.05) is 34.8 Å². The van der Waals surface area contributed by atoms with Gasteiger partial charge in [-0.15, -0.1) is 0 Å². The van der Waals surface area contributed by atoms with Crippen LogP contribution in [0.25, 0.3) is 0 Å². The van der Waals surface area contributed by atoms with Crippen LogP contribution in [0.4, 0.5) is 5.69 Å². The Morgan fingerprint density at radius 1 is 1.30 bits per heavy atom. The molecule has 9 heteroatoms. The van der Waals surface area contributed by atoms with E-state index in [1.165, 1.54) is 12.4 Å². The molecular weight excluding hydrogens is 363 g/mol. The molecule has 0 saturated carbocycles. The first-order valence-electron chi connectivity index (χ1n) is 6.56. The predicted molar refractivity (Wildman–Crippen MR) is 93.3 cm³/mol. The van der Waals surface area contributed by atoms with Crippen molar-refractivity contribution in [2.75, 3.05) is 5.43 Å². The SMILES string of the molecule is CC(C)Oc1c(Cl)cc(/C=N\Nc2cn[nH]c(=O)c2Cl)cc1Cl. The van der Waals surface area contributed by atoms with Gasteiger partial charge in [-0.2, -0.15) is 10.2 Å².